The quantitative estimate of drug-likeness (QED) is 0.763. The van der Waals surface area contributed by atoms with E-state index in [0.717, 1.165) is 25.1 Å². The molecule has 0 saturated heterocycles. The third-order valence-corrected chi connectivity index (χ3v) is 3.45. The van der Waals surface area contributed by atoms with Gasteiger partial charge < -0.3 is 10.5 Å². The van der Waals surface area contributed by atoms with Crippen LogP contribution in [0.25, 0.3) is 0 Å². The second-order valence-electron chi connectivity index (χ2n) is 3.44. The summed E-state index contributed by atoms with van der Waals surface area (Å²) in [5.74, 6) is 0. The fourth-order valence-electron chi connectivity index (χ4n) is 1.36. The Labute approximate surface area is 89.3 Å². The lowest BCUT2D eigenvalue weighted by Gasteiger charge is -1.99. The van der Waals surface area contributed by atoms with Gasteiger partial charge in [-0.15, -0.1) is 11.3 Å². The lowest BCUT2D eigenvalue weighted by molar-refractivity contribution is 0.195. The van der Waals surface area contributed by atoms with Crippen molar-refractivity contribution in [3.8, 4) is 0 Å². The standard InChI is InChI=1S/C10H18N2OS/c1-7(11)10-8(2)12-9(14-10)5-4-6-13-3/h7H,4-6,11H2,1-3H3. The van der Waals surface area contributed by atoms with Crippen LogP contribution in [0.15, 0.2) is 0 Å². The number of hydrogen-bond acceptors (Lipinski definition) is 4. The molecule has 0 aliphatic carbocycles. The summed E-state index contributed by atoms with van der Waals surface area (Å²) >= 11 is 1.73. The first-order valence-electron chi connectivity index (χ1n) is 4.86. The van der Waals surface area contributed by atoms with Gasteiger partial charge in [0.2, 0.25) is 0 Å². The molecule has 0 aliphatic rings. The molecule has 0 bridgehead atoms. The molecular weight excluding hydrogens is 196 g/mol. The highest BCUT2D eigenvalue weighted by Gasteiger charge is 2.10. The number of aromatic nitrogens is 1. The lowest BCUT2D eigenvalue weighted by atomic mass is 10.2. The highest BCUT2D eigenvalue weighted by Crippen LogP contribution is 2.24. The van der Waals surface area contributed by atoms with Crippen molar-refractivity contribution in [2.24, 2.45) is 5.73 Å². The molecule has 14 heavy (non-hydrogen) atoms. The Morgan fingerprint density at radius 1 is 1.57 bits per heavy atom. The molecule has 1 heterocycles. The number of thiazole rings is 1. The normalized spacial score (nSPS) is 13.1. The number of methoxy groups -OCH3 is 1. The summed E-state index contributed by atoms with van der Waals surface area (Å²) < 4.78 is 5.00. The smallest absolute Gasteiger partial charge is 0.0932 e. The van der Waals surface area contributed by atoms with E-state index in [1.165, 1.54) is 9.88 Å². The summed E-state index contributed by atoms with van der Waals surface area (Å²) in [5, 5.41) is 1.17. The van der Waals surface area contributed by atoms with Crippen LogP contribution < -0.4 is 5.73 Å². The zero-order chi connectivity index (χ0) is 10.6. The van der Waals surface area contributed by atoms with Gasteiger partial charge in [0.15, 0.2) is 0 Å². The molecular formula is C10H18N2OS. The highest BCUT2D eigenvalue weighted by atomic mass is 32.1. The number of nitrogens with zero attached hydrogens (tertiary/aromatic N) is 1. The number of ether oxygens (including phenoxy) is 1. The minimum absolute atomic E-state index is 0.101. The second-order valence-corrected chi connectivity index (χ2v) is 4.56. The van der Waals surface area contributed by atoms with Crippen molar-refractivity contribution >= 4 is 11.3 Å². The van der Waals surface area contributed by atoms with Crippen LogP contribution in [0.5, 0.6) is 0 Å². The van der Waals surface area contributed by atoms with Crippen molar-refractivity contribution in [2.45, 2.75) is 32.7 Å². The van der Waals surface area contributed by atoms with Gasteiger partial charge in [-0.1, -0.05) is 0 Å². The minimum Gasteiger partial charge on any atom is -0.385 e. The van der Waals surface area contributed by atoms with Crippen molar-refractivity contribution in [1.29, 1.82) is 0 Å². The van der Waals surface area contributed by atoms with Gasteiger partial charge >= 0.3 is 0 Å². The van der Waals surface area contributed by atoms with Gasteiger partial charge in [0.05, 0.1) is 10.7 Å². The predicted octanol–water partition coefficient (Wildman–Crippen LogP) is 2.05. The van der Waals surface area contributed by atoms with Gasteiger partial charge in [0.25, 0.3) is 0 Å². The molecule has 1 rings (SSSR count). The third-order valence-electron chi connectivity index (χ3n) is 2.03. The Bertz CT molecular complexity index is 284. The van der Waals surface area contributed by atoms with E-state index in [1.54, 1.807) is 18.4 Å². The molecule has 0 aliphatic heterocycles. The Kier molecular flexibility index (Phi) is 4.51. The van der Waals surface area contributed by atoms with Gasteiger partial charge in [0, 0.05) is 31.1 Å². The average Bonchev–Trinajstić information content (AvgIpc) is 2.47. The Morgan fingerprint density at radius 2 is 2.29 bits per heavy atom. The van der Waals surface area contributed by atoms with E-state index >= 15 is 0 Å². The second kappa shape index (κ2) is 5.44. The van der Waals surface area contributed by atoms with Crippen LogP contribution in [0.2, 0.25) is 0 Å². The number of hydrogen-bond donors (Lipinski definition) is 1. The molecule has 2 N–H and O–H groups in total. The SMILES string of the molecule is COCCCc1nc(C)c(C(C)N)s1. The van der Waals surface area contributed by atoms with Gasteiger partial charge in [-0.25, -0.2) is 4.98 Å². The largest absolute Gasteiger partial charge is 0.385 e. The van der Waals surface area contributed by atoms with Crippen LogP contribution in [0, 0.1) is 6.92 Å². The molecule has 0 amide bonds. The molecule has 1 unspecified atom stereocenters. The van der Waals surface area contributed by atoms with Crippen LogP contribution >= 0.6 is 11.3 Å². The fourth-order valence-corrected chi connectivity index (χ4v) is 2.42. The van der Waals surface area contributed by atoms with Crippen LogP contribution in [0.3, 0.4) is 0 Å². The maximum Gasteiger partial charge on any atom is 0.0932 e. The van der Waals surface area contributed by atoms with E-state index < -0.39 is 0 Å². The van der Waals surface area contributed by atoms with Crippen LogP contribution in [-0.2, 0) is 11.2 Å². The molecule has 80 valence electrons. The van der Waals surface area contributed by atoms with Crippen molar-refractivity contribution in [2.75, 3.05) is 13.7 Å². The highest BCUT2D eigenvalue weighted by molar-refractivity contribution is 7.11. The molecule has 0 radical (unpaired) electrons. The van der Waals surface area contributed by atoms with E-state index in [9.17, 15) is 0 Å². The van der Waals surface area contributed by atoms with E-state index in [-0.39, 0.29) is 6.04 Å². The third kappa shape index (κ3) is 3.04. The van der Waals surface area contributed by atoms with Gasteiger partial charge in [0.1, 0.15) is 0 Å². The first-order chi connectivity index (χ1) is 6.65. The molecule has 1 aromatic heterocycles. The summed E-state index contributed by atoms with van der Waals surface area (Å²) in [4.78, 5) is 5.69. The molecule has 3 nitrogen and oxygen atoms in total. The molecule has 1 aromatic rings. The molecule has 0 aromatic carbocycles. The number of aryl methyl sites for hydroxylation is 2. The predicted molar refractivity (Wildman–Crippen MR) is 59.7 cm³/mol. The van der Waals surface area contributed by atoms with Crippen LogP contribution in [-0.4, -0.2) is 18.7 Å². The number of nitrogens with two attached hydrogens (primary N) is 1. The lowest BCUT2D eigenvalue weighted by Crippen LogP contribution is -2.03. The van der Waals surface area contributed by atoms with Crippen LogP contribution in [0.4, 0.5) is 0 Å². The first kappa shape index (κ1) is 11.6. The van der Waals surface area contributed by atoms with Crippen molar-refractivity contribution in [3.63, 3.8) is 0 Å². The molecule has 0 spiro atoms. The molecule has 4 heteroatoms. The van der Waals surface area contributed by atoms with E-state index in [2.05, 4.69) is 4.98 Å². The summed E-state index contributed by atoms with van der Waals surface area (Å²) in [7, 11) is 1.72. The monoisotopic (exact) mass is 214 g/mol. The Hall–Kier alpha value is -0.450. The minimum atomic E-state index is 0.101. The maximum atomic E-state index is 5.83. The summed E-state index contributed by atoms with van der Waals surface area (Å²) in [6.45, 7) is 4.82. The summed E-state index contributed by atoms with van der Waals surface area (Å²) in [5.41, 5.74) is 6.91. The number of rotatable bonds is 5. The summed E-state index contributed by atoms with van der Waals surface area (Å²) in [6, 6.07) is 0.101. The van der Waals surface area contributed by atoms with Gasteiger partial charge in [-0.05, 0) is 20.3 Å². The topological polar surface area (TPSA) is 48.1 Å². The van der Waals surface area contributed by atoms with Crippen molar-refractivity contribution in [1.82, 2.24) is 4.98 Å². The fraction of sp³-hybridized carbons (Fsp3) is 0.700. The molecule has 0 fully saturated rings. The van der Waals surface area contributed by atoms with E-state index in [1.807, 2.05) is 13.8 Å². The average molecular weight is 214 g/mol. The van der Waals surface area contributed by atoms with Crippen molar-refractivity contribution in [3.05, 3.63) is 15.6 Å². The zero-order valence-electron chi connectivity index (χ0n) is 9.04. The van der Waals surface area contributed by atoms with E-state index in [4.69, 9.17) is 10.5 Å². The Morgan fingerprint density at radius 3 is 2.79 bits per heavy atom. The maximum absolute atomic E-state index is 5.83. The Balaban J connectivity index is 2.57. The van der Waals surface area contributed by atoms with Gasteiger partial charge in [-0.3, -0.25) is 0 Å². The zero-order valence-corrected chi connectivity index (χ0v) is 9.86. The first-order valence-corrected chi connectivity index (χ1v) is 5.67. The van der Waals surface area contributed by atoms with Crippen molar-refractivity contribution < 1.29 is 4.74 Å². The molecule has 0 saturated carbocycles. The van der Waals surface area contributed by atoms with Gasteiger partial charge in [-0.2, -0.15) is 0 Å². The van der Waals surface area contributed by atoms with Crippen LogP contribution in [0.1, 0.15) is 35.0 Å². The summed E-state index contributed by atoms with van der Waals surface area (Å²) in [6.07, 6.45) is 2.02. The molecule has 1 atom stereocenters. The van der Waals surface area contributed by atoms with E-state index in [0.29, 0.717) is 0 Å².